The lowest BCUT2D eigenvalue weighted by Crippen LogP contribution is -2.53. The van der Waals surface area contributed by atoms with Gasteiger partial charge < -0.3 is 19.3 Å². The molecule has 7 nitrogen and oxygen atoms in total. The highest BCUT2D eigenvalue weighted by Crippen LogP contribution is 2.40. The number of carbonyl (C=O) groups excluding carboxylic acids is 2. The summed E-state index contributed by atoms with van der Waals surface area (Å²) in [7, 11) is 4.14. The number of imidazole rings is 1. The highest BCUT2D eigenvalue weighted by Gasteiger charge is 2.41. The summed E-state index contributed by atoms with van der Waals surface area (Å²) in [5, 5.41) is 0. The summed E-state index contributed by atoms with van der Waals surface area (Å²) in [4.78, 5) is 35.6. The average Bonchev–Trinajstić information content (AvgIpc) is 2.97. The first-order valence-electron chi connectivity index (χ1n) is 10.5. The summed E-state index contributed by atoms with van der Waals surface area (Å²) in [6, 6.07) is 0. The molecule has 1 aromatic rings. The predicted molar refractivity (Wildman–Crippen MR) is 109 cm³/mol. The number of amides is 2. The van der Waals surface area contributed by atoms with Gasteiger partial charge in [-0.25, -0.2) is 4.98 Å². The van der Waals surface area contributed by atoms with Crippen LogP contribution < -0.4 is 0 Å². The highest BCUT2D eigenvalue weighted by molar-refractivity contribution is 5.77. The Bertz CT molecular complexity index is 704. The highest BCUT2D eigenvalue weighted by atomic mass is 16.2. The van der Waals surface area contributed by atoms with Crippen LogP contribution in [-0.2, 0) is 16.1 Å². The Hall–Kier alpha value is -1.89. The summed E-state index contributed by atoms with van der Waals surface area (Å²) in [6.07, 6.45) is 6.40. The van der Waals surface area contributed by atoms with Crippen LogP contribution in [0.3, 0.4) is 0 Å². The molecule has 3 rings (SSSR count). The summed E-state index contributed by atoms with van der Waals surface area (Å²) in [6.45, 7) is 8.65. The van der Waals surface area contributed by atoms with Crippen LogP contribution in [0.5, 0.6) is 0 Å². The maximum absolute atomic E-state index is 12.7. The maximum atomic E-state index is 12.7. The third kappa shape index (κ3) is 4.74. The topological polar surface area (TPSA) is 61.7 Å². The molecule has 2 fully saturated rings. The van der Waals surface area contributed by atoms with Crippen LogP contribution in [0.25, 0.3) is 0 Å². The molecule has 2 aliphatic rings. The molecule has 0 N–H and O–H groups in total. The van der Waals surface area contributed by atoms with Crippen LogP contribution in [0.15, 0.2) is 6.33 Å². The zero-order valence-corrected chi connectivity index (χ0v) is 17.9. The van der Waals surface area contributed by atoms with Crippen molar-refractivity contribution >= 4 is 11.8 Å². The second-order valence-corrected chi connectivity index (χ2v) is 8.90. The number of likely N-dealkylation sites (tertiary alicyclic amines) is 2. The van der Waals surface area contributed by atoms with E-state index in [4.69, 9.17) is 0 Å². The monoisotopic (exact) mass is 389 g/mol. The minimum atomic E-state index is 0.171. The molecule has 2 amide bonds. The largest absolute Gasteiger partial charge is 0.342 e. The normalized spacial score (nSPS) is 19.7. The number of rotatable bonds is 6. The van der Waals surface area contributed by atoms with Gasteiger partial charge in [-0.1, -0.05) is 0 Å². The lowest BCUT2D eigenvalue weighted by Gasteiger charge is -2.47. The van der Waals surface area contributed by atoms with E-state index in [9.17, 15) is 9.59 Å². The number of aryl methyl sites for hydroxylation is 1. The summed E-state index contributed by atoms with van der Waals surface area (Å²) >= 11 is 0. The molecule has 0 atom stereocenters. The van der Waals surface area contributed by atoms with E-state index in [0.717, 1.165) is 69.8 Å². The van der Waals surface area contributed by atoms with E-state index in [1.807, 2.05) is 23.3 Å². The zero-order valence-electron chi connectivity index (χ0n) is 17.9. The number of piperidine rings is 2. The third-order valence-corrected chi connectivity index (χ3v) is 6.61. The van der Waals surface area contributed by atoms with Crippen LogP contribution in [0.4, 0.5) is 0 Å². The minimum absolute atomic E-state index is 0.171. The smallest absolute Gasteiger partial charge is 0.242 e. The van der Waals surface area contributed by atoms with E-state index in [0.29, 0.717) is 18.9 Å². The van der Waals surface area contributed by atoms with Crippen molar-refractivity contribution in [1.29, 1.82) is 0 Å². The molecule has 0 saturated carbocycles. The van der Waals surface area contributed by atoms with Gasteiger partial charge in [-0.15, -0.1) is 0 Å². The van der Waals surface area contributed by atoms with E-state index in [2.05, 4.69) is 28.9 Å². The fraction of sp³-hybridized carbons (Fsp3) is 0.762. The Balaban J connectivity index is 1.52. The van der Waals surface area contributed by atoms with Gasteiger partial charge in [0, 0.05) is 38.3 Å². The van der Waals surface area contributed by atoms with Crippen molar-refractivity contribution in [3.8, 4) is 0 Å². The van der Waals surface area contributed by atoms with Crippen molar-refractivity contribution in [1.82, 2.24) is 24.3 Å². The Morgan fingerprint density at radius 3 is 2.54 bits per heavy atom. The summed E-state index contributed by atoms with van der Waals surface area (Å²) in [5.41, 5.74) is 2.23. The lowest BCUT2D eigenvalue weighted by atomic mass is 9.72. The van der Waals surface area contributed by atoms with Crippen molar-refractivity contribution in [2.24, 2.45) is 5.41 Å². The number of aromatic nitrogens is 2. The SMILES string of the molecule is Cc1ncn(CC(=O)N2CCC3(CCC(=O)N(CCCN(C)C)C3)CC2)c1C. The van der Waals surface area contributed by atoms with Crippen LogP contribution >= 0.6 is 0 Å². The molecule has 0 aliphatic carbocycles. The molecule has 28 heavy (non-hydrogen) atoms. The van der Waals surface area contributed by atoms with Gasteiger partial charge in [0.15, 0.2) is 0 Å². The van der Waals surface area contributed by atoms with Gasteiger partial charge in [-0.3, -0.25) is 9.59 Å². The number of nitrogens with zero attached hydrogens (tertiary/aromatic N) is 5. The van der Waals surface area contributed by atoms with Gasteiger partial charge >= 0.3 is 0 Å². The van der Waals surface area contributed by atoms with Crippen molar-refractivity contribution < 1.29 is 9.59 Å². The van der Waals surface area contributed by atoms with Crippen LogP contribution in [0.2, 0.25) is 0 Å². The lowest BCUT2D eigenvalue weighted by molar-refractivity contribution is -0.142. The van der Waals surface area contributed by atoms with Gasteiger partial charge in [0.05, 0.1) is 12.0 Å². The Morgan fingerprint density at radius 2 is 1.93 bits per heavy atom. The fourth-order valence-electron chi connectivity index (χ4n) is 4.47. The molecule has 1 spiro atoms. The van der Waals surface area contributed by atoms with Crippen molar-refractivity contribution in [3.63, 3.8) is 0 Å². The Kier molecular flexibility index (Phi) is 6.43. The molecule has 1 aromatic heterocycles. The first-order valence-corrected chi connectivity index (χ1v) is 10.5. The number of hydrogen-bond acceptors (Lipinski definition) is 4. The van der Waals surface area contributed by atoms with Crippen molar-refractivity contribution in [2.75, 3.05) is 46.8 Å². The fourth-order valence-corrected chi connectivity index (χ4v) is 4.47. The minimum Gasteiger partial charge on any atom is -0.342 e. The van der Waals surface area contributed by atoms with Crippen LogP contribution in [0, 0.1) is 19.3 Å². The van der Waals surface area contributed by atoms with Gasteiger partial charge in [0.1, 0.15) is 6.54 Å². The Labute approximate surface area is 168 Å². The van der Waals surface area contributed by atoms with Crippen LogP contribution in [-0.4, -0.2) is 82.9 Å². The molecule has 156 valence electrons. The van der Waals surface area contributed by atoms with Gasteiger partial charge in [-0.05, 0) is 65.6 Å². The van der Waals surface area contributed by atoms with Gasteiger partial charge in [0.25, 0.3) is 0 Å². The number of carbonyl (C=O) groups is 2. The molecule has 2 saturated heterocycles. The van der Waals surface area contributed by atoms with Crippen molar-refractivity contribution in [3.05, 3.63) is 17.7 Å². The van der Waals surface area contributed by atoms with Gasteiger partial charge in [-0.2, -0.15) is 0 Å². The molecule has 7 heteroatoms. The molecular weight excluding hydrogens is 354 g/mol. The van der Waals surface area contributed by atoms with E-state index < -0.39 is 0 Å². The molecule has 0 radical (unpaired) electrons. The number of hydrogen-bond donors (Lipinski definition) is 0. The molecule has 2 aliphatic heterocycles. The molecule has 3 heterocycles. The molecular formula is C21H35N5O2. The average molecular weight is 390 g/mol. The standard InChI is InChI=1S/C21H35N5O2/c1-17-18(2)26(16-22-17)14-20(28)24-12-8-21(9-13-24)7-6-19(27)25(15-21)11-5-10-23(3)4/h16H,5-15H2,1-4H3. The maximum Gasteiger partial charge on any atom is 0.242 e. The van der Waals surface area contributed by atoms with E-state index in [-0.39, 0.29) is 11.3 Å². The van der Waals surface area contributed by atoms with Crippen LogP contribution in [0.1, 0.15) is 43.5 Å². The first kappa shape index (κ1) is 20.8. The zero-order chi connectivity index (χ0) is 20.3. The third-order valence-electron chi connectivity index (χ3n) is 6.61. The molecule has 0 aromatic carbocycles. The molecule has 0 unspecified atom stereocenters. The second kappa shape index (κ2) is 8.64. The summed E-state index contributed by atoms with van der Waals surface area (Å²) < 4.78 is 1.94. The Morgan fingerprint density at radius 1 is 1.21 bits per heavy atom. The van der Waals surface area contributed by atoms with Crippen molar-refractivity contribution in [2.45, 2.75) is 52.5 Å². The van der Waals surface area contributed by atoms with E-state index in [1.54, 1.807) is 6.33 Å². The van der Waals surface area contributed by atoms with E-state index in [1.165, 1.54) is 0 Å². The van der Waals surface area contributed by atoms with Gasteiger partial charge in [0.2, 0.25) is 11.8 Å². The second-order valence-electron chi connectivity index (χ2n) is 8.90. The molecule has 0 bridgehead atoms. The predicted octanol–water partition coefficient (Wildman–Crippen LogP) is 1.68. The first-order chi connectivity index (χ1) is 13.3. The quantitative estimate of drug-likeness (QED) is 0.743. The summed E-state index contributed by atoms with van der Waals surface area (Å²) in [5.74, 6) is 0.471. The van der Waals surface area contributed by atoms with E-state index >= 15 is 0 Å².